The summed E-state index contributed by atoms with van der Waals surface area (Å²) in [5, 5.41) is 6.10. The fourth-order valence-electron chi connectivity index (χ4n) is 2.64. The van der Waals surface area contributed by atoms with Crippen LogP contribution in [0.3, 0.4) is 0 Å². The summed E-state index contributed by atoms with van der Waals surface area (Å²) < 4.78 is 35.4. The Labute approximate surface area is 146 Å². The second kappa shape index (κ2) is 7.28. The summed E-state index contributed by atoms with van der Waals surface area (Å²) in [6.07, 6.45) is 2.56. The van der Waals surface area contributed by atoms with Gasteiger partial charge < -0.3 is 10.1 Å². The molecule has 2 aromatic rings. The van der Waals surface area contributed by atoms with E-state index in [1.807, 2.05) is 12.3 Å². The van der Waals surface area contributed by atoms with E-state index >= 15 is 0 Å². The van der Waals surface area contributed by atoms with Gasteiger partial charge in [-0.15, -0.1) is 11.3 Å². The molecule has 1 unspecified atom stereocenters. The van der Waals surface area contributed by atoms with Gasteiger partial charge >= 0.3 is 0 Å². The molecule has 2 heterocycles. The quantitative estimate of drug-likeness (QED) is 0.595. The summed E-state index contributed by atoms with van der Waals surface area (Å²) >= 11 is 1.55. The highest BCUT2D eigenvalue weighted by Crippen LogP contribution is 2.33. The van der Waals surface area contributed by atoms with Crippen LogP contribution in [0.1, 0.15) is 17.0 Å². The molecule has 1 aromatic carbocycles. The van der Waals surface area contributed by atoms with E-state index < -0.39 is 15.7 Å². The summed E-state index contributed by atoms with van der Waals surface area (Å²) in [6.45, 7) is 3.59. The highest BCUT2D eigenvalue weighted by molar-refractivity contribution is 7.86. The van der Waals surface area contributed by atoms with Gasteiger partial charge in [0.2, 0.25) is 0 Å². The maximum Gasteiger partial charge on any atom is 0.297 e. The predicted molar refractivity (Wildman–Crippen MR) is 91.5 cm³/mol. The number of hydrogen-bond acceptors (Lipinski definition) is 7. The molecule has 0 spiro atoms. The Morgan fingerprint density at radius 1 is 1.29 bits per heavy atom. The zero-order chi connectivity index (χ0) is 17.0. The van der Waals surface area contributed by atoms with Gasteiger partial charge in [0.25, 0.3) is 10.1 Å². The Hall–Kier alpha value is -1.32. The Bertz CT molecular complexity index is 752. The number of thiazole rings is 1. The fourth-order valence-corrected chi connectivity index (χ4v) is 4.35. The first-order valence-electron chi connectivity index (χ1n) is 7.73. The minimum absolute atomic E-state index is 0.0245. The van der Waals surface area contributed by atoms with Crippen molar-refractivity contribution in [2.24, 2.45) is 0 Å². The van der Waals surface area contributed by atoms with Crippen LogP contribution in [-0.4, -0.2) is 39.7 Å². The zero-order valence-electron chi connectivity index (χ0n) is 13.4. The van der Waals surface area contributed by atoms with Crippen LogP contribution < -0.4 is 5.32 Å². The minimum atomic E-state index is -3.76. The van der Waals surface area contributed by atoms with Crippen LogP contribution in [0.15, 0.2) is 40.7 Å². The number of benzene rings is 1. The summed E-state index contributed by atoms with van der Waals surface area (Å²) in [4.78, 5) is 4.51. The molecule has 3 rings (SSSR count). The standard InChI is InChI=1S/C16H20N2O4S2/c1-13-2-4-14(5-3-13)24(19,20)22-10-9-21-16(6-7-17-12-16)15-18-8-11-23-15/h2-5,8,11,17H,6-7,9-10,12H2,1H3. The number of ether oxygens (including phenoxy) is 1. The van der Waals surface area contributed by atoms with E-state index in [-0.39, 0.29) is 18.1 Å². The molecular formula is C16H20N2O4S2. The third-order valence-electron chi connectivity index (χ3n) is 3.95. The number of nitrogens with zero attached hydrogens (tertiary/aromatic N) is 1. The molecule has 1 aromatic heterocycles. The molecular weight excluding hydrogens is 348 g/mol. The zero-order valence-corrected chi connectivity index (χ0v) is 15.0. The van der Waals surface area contributed by atoms with Crippen molar-refractivity contribution in [3.05, 3.63) is 46.4 Å². The molecule has 0 bridgehead atoms. The second-order valence-corrected chi connectivity index (χ2v) is 8.21. The normalized spacial score (nSPS) is 21.2. The summed E-state index contributed by atoms with van der Waals surface area (Å²) in [7, 11) is -3.76. The Morgan fingerprint density at radius 3 is 2.71 bits per heavy atom. The van der Waals surface area contributed by atoms with E-state index in [4.69, 9.17) is 8.92 Å². The van der Waals surface area contributed by atoms with Gasteiger partial charge in [0, 0.05) is 18.1 Å². The molecule has 0 amide bonds. The molecule has 1 aliphatic heterocycles. The van der Waals surface area contributed by atoms with E-state index in [0.717, 1.165) is 23.5 Å². The van der Waals surface area contributed by atoms with Gasteiger partial charge in [-0.1, -0.05) is 17.7 Å². The van der Waals surface area contributed by atoms with Crippen LogP contribution in [-0.2, 0) is 24.6 Å². The van der Waals surface area contributed by atoms with Gasteiger partial charge in [-0.3, -0.25) is 4.18 Å². The van der Waals surface area contributed by atoms with Gasteiger partial charge in [-0.2, -0.15) is 8.42 Å². The molecule has 8 heteroatoms. The van der Waals surface area contributed by atoms with Crippen LogP contribution in [0.2, 0.25) is 0 Å². The lowest BCUT2D eigenvalue weighted by molar-refractivity contribution is -0.0456. The van der Waals surface area contributed by atoms with Crippen LogP contribution in [0.5, 0.6) is 0 Å². The lowest BCUT2D eigenvalue weighted by Gasteiger charge is -2.26. The van der Waals surface area contributed by atoms with E-state index in [2.05, 4.69) is 10.3 Å². The van der Waals surface area contributed by atoms with Crippen molar-refractivity contribution in [1.82, 2.24) is 10.3 Å². The number of aryl methyl sites for hydroxylation is 1. The molecule has 0 radical (unpaired) electrons. The van der Waals surface area contributed by atoms with Gasteiger partial charge in [0.15, 0.2) is 0 Å². The van der Waals surface area contributed by atoms with Crippen molar-refractivity contribution in [2.45, 2.75) is 23.8 Å². The Balaban J connectivity index is 1.57. The van der Waals surface area contributed by atoms with Gasteiger partial charge in [-0.25, -0.2) is 4.98 Å². The molecule has 1 fully saturated rings. The van der Waals surface area contributed by atoms with Gasteiger partial charge in [0.1, 0.15) is 10.6 Å². The van der Waals surface area contributed by atoms with E-state index in [9.17, 15) is 8.42 Å². The molecule has 6 nitrogen and oxygen atoms in total. The van der Waals surface area contributed by atoms with Crippen LogP contribution in [0.25, 0.3) is 0 Å². The average Bonchev–Trinajstić information content (AvgIpc) is 3.24. The fraction of sp³-hybridized carbons (Fsp3) is 0.438. The lowest BCUT2D eigenvalue weighted by atomic mass is 10.0. The predicted octanol–water partition coefficient (Wildman–Crippen LogP) is 2.06. The van der Waals surface area contributed by atoms with Gasteiger partial charge in [0.05, 0.1) is 18.1 Å². The molecule has 0 aliphatic carbocycles. The molecule has 1 atom stereocenters. The van der Waals surface area contributed by atoms with Gasteiger partial charge in [-0.05, 0) is 32.0 Å². The summed E-state index contributed by atoms with van der Waals surface area (Å²) in [5.41, 5.74) is 0.516. The monoisotopic (exact) mass is 368 g/mol. The molecule has 1 saturated heterocycles. The third kappa shape index (κ3) is 3.84. The van der Waals surface area contributed by atoms with Crippen molar-refractivity contribution < 1.29 is 17.3 Å². The molecule has 1 N–H and O–H groups in total. The highest BCUT2D eigenvalue weighted by Gasteiger charge is 2.39. The van der Waals surface area contributed by atoms with Crippen LogP contribution in [0, 0.1) is 6.92 Å². The first-order valence-corrected chi connectivity index (χ1v) is 10.0. The van der Waals surface area contributed by atoms with Crippen molar-refractivity contribution in [2.75, 3.05) is 26.3 Å². The SMILES string of the molecule is Cc1ccc(S(=O)(=O)OCCOC2(c3nccs3)CCNC2)cc1. The van der Waals surface area contributed by atoms with Crippen molar-refractivity contribution >= 4 is 21.5 Å². The largest absolute Gasteiger partial charge is 0.364 e. The van der Waals surface area contributed by atoms with E-state index in [1.54, 1.807) is 41.8 Å². The topological polar surface area (TPSA) is 77.5 Å². The second-order valence-electron chi connectivity index (χ2n) is 5.70. The van der Waals surface area contributed by atoms with Crippen molar-refractivity contribution in [3.63, 3.8) is 0 Å². The number of rotatable bonds is 7. The summed E-state index contributed by atoms with van der Waals surface area (Å²) in [6, 6.07) is 6.58. The molecule has 1 aliphatic rings. The molecule has 0 saturated carbocycles. The Morgan fingerprint density at radius 2 is 2.08 bits per heavy atom. The van der Waals surface area contributed by atoms with Crippen molar-refractivity contribution in [1.29, 1.82) is 0 Å². The highest BCUT2D eigenvalue weighted by atomic mass is 32.2. The smallest absolute Gasteiger partial charge is 0.297 e. The van der Waals surface area contributed by atoms with Crippen LogP contribution >= 0.6 is 11.3 Å². The average molecular weight is 368 g/mol. The minimum Gasteiger partial charge on any atom is -0.364 e. The number of aromatic nitrogens is 1. The lowest BCUT2D eigenvalue weighted by Crippen LogP contribution is -2.33. The van der Waals surface area contributed by atoms with E-state index in [0.29, 0.717) is 6.54 Å². The first kappa shape index (κ1) is 17.5. The molecule has 130 valence electrons. The number of nitrogens with one attached hydrogen (secondary N) is 1. The van der Waals surface area contributed by atoms with E-state index in [1.165, 1.54) is 0 Å². The molecule has 24 heavy (non-hydrogen) atoms. The van der Waals surface area contributed by atoms with Crippen LogP contribution in [0.4, 0.5) is 0 Å². The number of hydrogen-bond donors (Lipinski definition) is 1. The maximum atomic E-state index is 12.1. The first-order chi connectivity index (χ1) is 11.5. The Kier molecular flexibility index (Phi) is 5.31. The van der Waals surface area contributed by atoms with Crippen molar-refractivity contribution in [3.8, 4) is 0 Å². The summed E-state index contributed by atoms with van der Waals surface area (Å²) in [5.74, 6) is 0. The third-order valence-corrected chi connectivity index (χ3v) is 6.23. The maximum absolute atomic E-state index is 12.1.